The molecule has 2 heterocycles. The topological polar surface area (TPSA) is 74.8 Å². The molecule has 1 aliphatic rings. The summed E-state index contributed by atoms with van der Waals surface area (Å²) >= 11 is 1.51. The highest BCUT2D eigenvalue weighted by Crippen LogP contribution is 2.41. The standard InChI is InChI=1S/C21H25N3O2S2/c1-12-13(2)22-23-20(12)19-14(3)27-15(4)21(19)28(25,26)24-18-11-7-9-16-8-5-6-10-17(16)18/h5-6,8,10,18,24H,7,9,11H2,1-4H3,(H,22,23)/t18-/m1/s1. The third kappa shape index (κ3) is 3.21. The van der Waals surface area contributed by atoms with Crippen LogP contribution in [0.2, 0.25) is 0 Å². The minimum Gasteiger partial charge on any atom is -0.282 e. The third-order valence-corrected chi connectivity index (χ3v) is 8.42. The van der Waals surface area contributed by atoms with Crippen LogP contribution in [0, 0.1) is 27.7 Å². The molecule has 148 valence electrons. The normalized spacial score (nSPS) is 16.9. The molecule has 1 aliphatic carbocycles. The van der Waals surface area contributed by atoms with Crippen molar-refractivity contribution in [3.63, 3.8) is 0 Å². The van der Waals surface area contributed by atoms with E-state index in [-0.39, 0.29) is 6.04 Å². The molecule has 0 radical (unpaired) electrons. The van der Waals surface area contributed by atoms with Crippen molar-refractivity contribution < 1.29 is 8.42 Å². The fourth-order valence-corrected chi connectivity index (χ4v) is 7.22. The van der Waals surface area contributed by atoms with Crippen molar-refractivity contribution in [1.82, 2.24) is 14.9 Å². The van der Waals surface area contributed by atoms with Crippen LogP contribution >= 0.6 is 11.3 Å². The Morgan fingerprint density at radius 1 is 1.14 bits per heavy atom. The molecule has 0 saturated heterocycles. The molecule has 0 aliphatic heterocycles. The Kier molecular flexibility index (Phi) is 4.93. The van der Waals surface area contributed by atoms with Gasteiger partial charge in [-0.05, 0) is 63.6 Å². The molecule has 3 aromatic rings. The van der Waals surface area contributed by atoms with Crippen molar-refractivity contribution in [1.29, 1.82) is 0 Å². The molecular formula is C21H25N3O2S2. The largest absolute Gasteiger partial charge is 0.282 e. The molecule has 1 atom stereocenters. The number of aromatic amines is 1. The Hall–Kier alpha value is -1.96. The fraction of sp³-hybridized carbons (Fsp3) is 0.381. The van der Waals surface area contributed by atoms with E-state index in [1.54, 1.807) is 0 Å². The number of aryl methyl sites for hydroxylation is 4. The van der Waals surface area contributed by atoms with Crippen LogP contribution in [0.15, 0.2) is 29.2 Å². The van der Waals surface area contributed by atoms with Gasteiger partial charge in [0.2, 0.25) is 10.0 Å². The summed E-state index contributed by atoms with van der Waals surface area (Å²) in [7, 11) is -3.69. The number of hydrogen-bond donors (Lipinski definition) is 2. The van der Waals surface area contributed by atoms with Crippen LogP contribution in [0.5, 0.6) is 0 Å². The van der Waals surface area contributed by atoms with E-state index in [9.17, 15) is 8.42 Å². The van der Waals surface area contributed by atoms with Gasteiger partial charge < -0.3 is 0 Å². The Morgan fingerprint density at radius 3 is 2.61 bits per heavy atom. The van der Waals surface area contributed by atoms with E-state index < -0.39 is 10.0 Å². The van der Waals surface area contributed by atoms with Gasteiger partial charge in [0.25, 0.3) is 0 Å². The molecule has 0 unspecified atom stereocenters. The first kappa shape index (κ1) is 19.4. The van der Waals surface area contributed by atoms with Crippen molar-refractivity contribution in [2.45, 2.75) is 57.9 Å². The van der Waals surface area contributed by atoms with E-state index in [0.717, 1.165) is 57.1 Å². The summed E-state index contributed by atoms with van der Waals surface area (Å²) in [6.45, 7) is 7.76. The number of nitrogens with zero attached hydrogens (tertiary/aromatic N) is 1. The third-order valence-electron chi connectivity index (χ3n) is 5.63. The molecule has 0 amide bonds. The van der Waals surface area contributed by atoms with Crippen LogP contribution < -0.4 is 4.72 Å². The van der Waals surface area contributed by atoms with E-state index in [1.807, 2.05) is 45.9 Å². The number of thiophene rings is 1. The van der Waals surface area contributed by atoms with Gasteiger partial charge in [-0.3, -0.25) is 5.10 Å². The van der Waals surface area contributed by atoms with Crippen molar-refractivity contribution in [2.75, 3.05) is 0 Å². The fourth-order valence-electron chi connectivity index (χ4n) is 4.11. The molecular weight excluding hydrogens is 390 g/mol. The summed E-state index contributed by atoms with van der Waals surface area (Å²) in [6, 6.07) is 7.94. The molecule has 1 aromatic carbocycles. The van der Waals surface area contributed by atoms with E-state index in [0.29, 0.717) is 4.90 Å². The first-order valence-corrected chi connectivity index (χ1v) is 11.8. The lowest BCUT2D eigenvalue weighted by molar-refractivity contribution is 0.507. The minimum absolute atomic E-state index is 0.190. The smallest absolute Gasteiger partial charge is 0.242 e. The van der Waals surface area contributed by atoms with Crippen molar-refractivity contribution in [3.05, 3.63) is 56.4 Å². The number of benzene rings is 1. The Bertz CT molecular complexity index is 1140. The molecule has 2 aromatic heterocycles. The summed E-state index contributed by atoms with van der Waals surface area (Å²) in [4.78, 5) is 2.13. The van der Waals surface area contributed by atoms with Crippen LogP contribution in [-0.2, 0) is 16.4 Å². The van der Waals surface area contributed by atoms with Crippen molar-refractivity contribution >= 4 is 21.4 Å². The predicted molar refractivity (Wildman–Crippen MR) is 113 cm³/mol. The first-order valence-electron chi connectivity index (χ1n) is 9.51. The van der Waals surface area contributed by atoms with E-state index in [1.165, 1.54) is 16.9 Å². The number of nitrogens with one attached hydrogen (secondary N) is 2. The highest BCUT2D eigenvalue weighted by atomic mass is 32.2. The van der Waals surface area contributed by atoms with Crippen LogP contribution in [0.25, 0.3) is 11.3 Å². The molecule has 28 heavy (non-hydrogen) atoms. The summed E-state index contributed by atoms with van der Waals surface area (Å²) in [5, 5.41) is 7.39. The van der Waals surface area contributed by atoms with Gasteiger partial charge in [-0.15, -0.1) is 11.3 Å². The first-order chi connectivity index (χ1) is 13.3. The highest BCUT2D eigenvalue weighted by Gasteiger charge is 2.32. The summed E-state index contributed by atoms with van der Waals surface area (Å²) in [5.74, 6) is 0. The van der Waals surface area contributed by atoms with Gasteiger partial charge in [0.15, 0.2) is 0 Å². The lowest BCUT2D eigenvalue weighted by Crippen LogP contribution is -2.31. The number of rotatable bonds is 4. The highest BCUT2D eigenvalue weighted by molar-refractivity contribution is 7.89. The lowest BCUT2D eigenvalue weighted by atomic mass is 9.88. The lowest BCUT2D eigenvalue weighted by Gasteiger charge is -2.26. The molecule has 0 fully saturated rings. The molecule has 0 saturated carbocycles. The molecule has 7 heteroatoms. The number of H-pyrrole nitrogens is 1. The zero-order chi connectivity index (χ0) is 20.1. The van der Waals surface area contributed by atoms with Gasteiger partial charge in [-0.2, -0.15) is 5.10 Å². The molecule has 5 nitrogen and oxygen atoms in total. The molecule has 0 spiro atoms. The quantitative estimate of drug-likeness (QED) is 0.647. The van der Waals surface area contributed by atoms with E-state index >= 15 is 0 Å². The molecule has 2 N–H and O–H groups in total. The second-order valence-corrected chi connectivity index (χ2v) is 10.6. The minimum atomic E-state index is -3.69. The summed E-state index contributed by atoms with van der Waals surface area (Å²) in [5.41, 5.74) is 5.72. The number of hydrogen-bond acceptors (Lipinski definition) is 4. The zero-order valence-corrected chi connectivity index (χ0v) is 18.2. The maximum Gasteiger partial charge on any atom is 0.242 e. The SMILES string of the molecule is Cc1[nH]nc(-c2c(C)sc(C)c2S(=O)(=O)N[C@@H]2CCCc3ccccc32)c1C. The van der Waals surface area contributed by atoms with Crippen molar-refractivity contribution in [3.8, 4) is 11.3 Å². The monoisotopic (exact) mass is 415 g/mol. The maximum atomic E-state index is 13.5. The van der Waals surface area contributed by atoms with Crippen molar-refractivity contribution in [2.24, 2.45) is 0 Å². The zero-order valence-electron chi connectivity index (χ0n) is 16.6. The van der Waals surface area contributed by atoms with Crippen LogP contribution in [0.4, 0.5) is 0 Å². The van der Waals surface area contributed by atoms with Crippen LogP contribution in [0.3, 0.4) is 0 Å². The summed E-state index contributed by atoms with van der Waals surface area (Å²) in [6.07, 6.45) is 2.80. The van der Waals surface area contributed by atoms with Crippen LogP contribution in [0.1, 0.15) is 51.0 Å². The average molecular weight is 416 g/mol. The van der Waals surface area contributed by atoms with Gasteiger partial charge in [-0.1, -0.05) is 24.3 Å². The number of fused-ring (bicyclic) bond motifs is 1. The van der Waals surface area contributed by atoms with E-state index in [4.69, 9.17) is 0 Å². The molecule has 4 rings (SSSR count). The Labute approximate surface area is 170 Å². The predicted octanol–water partition coefficient (Wildman–Crippen LogP) is 4.73. The van der Waals surface area contributed by atoms with Gasteiger partial charge in [0, 0.05) is 27.1 Å². The number of sulfonamides is 1. The number of aromatic nitrogens is 2. The second-order valence-electron chi connectivity index (χ2n) is 7.51. The second kappa shape index (κ2) is 7.13. The van der Waals surface area contributed by atoms with Gasteiger partial charge in [0.1, 0.15) is 4.90 Å². The van der Waals surface area contributed by atoms with Gasteiger partial charge in [-0.25, -0.2) is 13.1 Å². The Balaban J connectivity index is 1.79. The summed E-state index contributed by atoms with van der Waals surface area (Å²) < 4.78 is 30.0. The van der Waals surface area contributed by atoms with Crippen LogP contribution in [-0.4, -0.2) is 18.6 Å². The maximum absolute atomic E-state index is 13.5. The van der Waals surface area contributed by atoms with E-state index in [2.05, 4.69) is 21.0 Å². The van der Waals surface area contributed by atoms with Gasteiger partial charge in [0.05, 0.1) is 5.69 Å². The average Bonchev–Trinajstić information content (AvgIpc) is 3.13. The Morgan fingerprint density at radius 2 is 1.89 bits per heavy atom. The molecule has 0 bridgehead atoms. The van der Waals surface area contributed by atoms with Gasteiger partial charge >= 0.3 is 0 Å².